The van der Waals surface area contributed by atoms with Gasteiger partial charge in [-0.3, -0.25) is 0 Å². The van der Waals surface area contributed by atoms with Crippen molar-refractivity contribution in [1.29, 1.82) is 0 Å². The van der Waals surface area contributed by atoms with Crippen molar-refractivity contribution in [1.82, 2.24) is 0 Å². The molecular weight excluding hydrogens is 541 g/mol. The molecule has 0 aromatic carbocycles. The standard InChI is InChI=1S/C30H60O6Si3/c1-25(2)31-19-22-37(28-13-7-8-14-28)34-38(23-20-32-26(3)4,29-15-9-10-16-29)36-39(35-37,24-21-33-27(5)6)30-17-11-12-18-30/h25-30H,7-24H2,1-6H3. The van der Waals surface area contributed by atoms with E-state index in [4.69, 9.17) is 26.6 Å². The second-order valence-electron chi connectivity index (χ2n) is 13.7. The lowest BCUT2D eigenvalue weighted by Crippen LogP contribution is -2.74. The Balaban J connectivity index is 1.77. The van der Waals surface area contributed by atoms with Crippen LogP contribution in [0.25, 0.3) is 0 Å². The van der Waals surface area contributed by atoms with Crippen molar-refractivity contribution in [2.24, 2.45) is 0 Å². The zero-order valence-electron chi connectivity index (χ0n) is 26.1. The van der Waals surface area contributed by atoms with Gasteiger partial charge in [-0.15, -0.1) is 0 Å². The summed E-state index contributed by atoms with van der Waals surface area (Å²) in [6.07, 6.45) is 16.0. The minimum Gasteiger partial charge on any atom is -0.415 e. The molecule has 0 aromatic heterocycles. The van der Waals surface area contributed by atoms with E-state index < -0.39 is 25.7 Å². The van der Waals surface area contributed by atoms with E-state index in [2.05, 4.69) is 41.5 Å². The lowest BCUT2D eigenvalue weighted by molar-refractivity contribution is 0.0711. The average Bonchev–Trinajstić information content (AvgIpc) is 3.67. The van der Waals surface area contributed by atoms with Crippen molar-refractivity contribution in [3.63, 3.8) is 0 Å². The molecule has 1 saturated heterocycles. The highest BCUT2D eigenvalue weighted by molar-refractivity contribution is 6.96. The Morgan fingerprint density at radius 3 is 0.897 bits per heavy atom. The topological polar surface area (TPSA) is 55.4 Å². The smallest absolute Gasteiger partial charge is 0.326 e. The first-order valence-corrected chi connectivity index (χ1v) is 22.9. The van der Waals surface area contributed by atoms with E-state index in [1.165, 1.54) is 77.0 Å². The zero-order valence-corrected chi connectivity index (χ0v) is 29.1. The Morgan fingerprint density at radius 2 is 0.692 bits per heavy atom. The third-order valence-electron chi connectivity index (χ3n) is 9.67. The van der Waals surface area contributed by atoms with Crippen LogP contribution >= 0.6 is 0 Å². The predicted molar refractivity (Wildman–Crippen MR) is 165 cm³/mol. The molecule has 228 valence electrons. The summed E-state index contributed by atoms with van der Waals surface area (Å²) in [6.45, 7) is 15.1. The van der Waals surface area contributed by atoms with Gasteiger partial charge in [-0.05, 0) is 80.1 Å². The van der Waals surface area contributed by atoms with Gasteiger partial charge < -0.3 is 26.6 Å². The molecule has 0 amide bonds. The second kappa shape index (κ2) is 14.7. The maximum atomic E-state index is 7.80. The summed E-state index contributed by atoms with van der Waals surface area (Å²) < 4.78 is 42.2. The molecule has 6 nitrogen and oxygen atoms in total. The summed E-state index contributed by atoms with van der Waals surface area (Å²) in [7, 11) is -7.84. The highest BCUT2D eigenvalue weighted by atomic mass is 28.5. The van der Waals surface area contributed by atoms with E-state index in [1.54, 1.807) is 0 Å². The Labute approximate surface area is 243 Å². The summed E-state index contributed by atoms with van der Waals surface area (Å²) in [6, 6.07) is 2.87. The Morgan fingerprint density at radius 1 is 0.462 bits per heavy atom. The van der Waals surface area contributed by atoms with Gasteiger partial charge in [-0.25, -0.2) is 0 Å². The Kier molecular flexibility index (Phi) is 12.2. The van der Waals surface area contributed by atoms with Crippen LogP contribution in [0, 0.1) is 0 Å². The van der Waals surface area contributed by atoms with Crippen molar-refractivity contribution >= 4 is 25.7 Å². The lowest BCUT2D eigenvalue weighted by atomic mass is 10.4. The third kappa shape index (κ3) is 8.28. The van der Waals surface area contributed by atoms with Crippen LogP contribution in [0.1, 0.15) is 119 Å². The molecule has 0 spiro atoms. The van der Waals surface area contributed by atoms with Crippen molar-refractivity contribution in [3.05, 3.63) is 0 Å². The normalized spacial score (nSPS) is 33.5. The van der Waals surface area contributed by atoms with Crippen LogP contribution in [0.5, 0.6) is 0 Å². The first kappa shape index (κ1) is 32.3. The van der Waals surface area contributed by atoms with Gasteiger partial charge in [0.2, 0.25) is 0 Å². The molecule has 0 bridgehead atoms. The molecule has 0 radical (unpaired) electrons. The molecule has 3 aliphatic carbocycles. The van der Waals surface area contributed by atoms with E-state index in [9.17, 15) is 0 Å². The highest BCUT2D eigenvalue weighted by Gasteiger charge is 2.68. The quantitative estimate of drug-likeness (QED) is 0.176. The van der Waals surface area contributed by atoms with E-state index in [0.717, 1.165) is 38.0 Å². The number of hydrogen-bond donors (Lipinski definition) is 0. The van der Waals surface area contributed by atoms with Gasteiger partial charge in [-0.2, -0.15) is 0 Å². The highest BCUT2D eigenvalue weighted by Crippen LogP contribution is 2.57. The van der Waals surface area contributed by atoms with Crippen LogP contribution in [-0.2, 0) is 26.6 Å². The third-order valence-corrected chi connectivity index (χ3v) is 26.1. The molecule has 4 aliphatic rings. The maximum Gasteiger partial charge on any atom is 0.326 e. The maximum absolute atomic E-state index is 7.80. The molecule has 3 saturated carbocycles. The summed E-state index contributed by atoms with van der Waals surface area (Å²) in [4.78, 5) is 0. The van der Waals surface area contributed by atoms with Crippen LogP contribution in [0.4, 0.5) is 0 Å². The van der Waals surface area contributed by atoms with Crippen molar-refractivity contribution in [2.45, 2.75) is 172 Å². The van der Waals surface area contributed by atoms with E-state index in [1.807, 2.05) is 0 Å². The molecule has 0 aromatic rings. The van der Waals surface area contributed by atoms with E-state index >= 15 is 0 Å². The summed E-state index contributed by atoms with van der Waals surface area (Å²) >= 11 is 0. The fraction of sp³-hybridized carbons (Fsp3) is 1.00. The zero-order chi connectivity index (χ0) is 27.9. The lowest BCUT2D eigenvalue weighted by Gasteiger charge is -2.58. The van der Waals surface area contributed by atoms with Gasteiger partial charge in [0.05, 0.1) is 18.3 Å². The molecule has 0 atom stereocenters. The molecule has 4 rings (SSSR count). The fourth-order valence-electron chi connectivity index (χ4n) is 7.77. The van der Waals surface area contributed by atoms with Crippen LogP contribution in [0.2, 0.25) is 34.8 Å². The molecular formula is C30H60O6Si3. The number of rotatable bonds is 15. The van der Waals surface area contributed by atoms with Crippen molar-refractivity contribution in [2.75, 3.05) is 19.8 Å². The SMILES string of the molecule is CC(C)OCC[Si]1(C2CCCC2)O[Si](CCOC(C)C)(C2CCCC2)O[Si](CCOC(C)C)(C2CCCC2)O1. The van der Waals surface area contributed by atoms with Gasteiger partial charge in [0.15, 0.2) is 0 Å². The second-order valence-corrected chi connectivity index (χ2v) is 25.0. The van der Waals surface area contributed by atoms with Crippen LogP contribution in [-0.4, -0.2) is 63.8 Å². The van der Waals surface area contributed by atoms with Crippen molar-refractivity contribution < 1.29 is 26.6 Å². The van der Waals surface area contributed by atoms with Gasteiger partial charge >= 0.3 is 25.7 Å². The number of hydrogen-bond acceptors (Lipinski definition) is 6. The molecule has 0 N–H and O–H groups in total. The van der Waals surface area contributed by atoms with Crippen LogP contribution in [0.15, 0.2) is 0 Å². The van der Waals surface area contributed by atoms with Crippen molar-refractivity contribution in [3.8, 4) is 0 Å². The van der Waals surface area contributed by atoms with E-state index in [-0.39, 0.29) is 18.3 Å². The molecule has 1 heterocycles. The first-order chi connectivity index (χ1) is 18.7. The average molecular weight is 601 g/mol. The summed E-state index contributed by atoms with van der Waals surface area (Å²) in [5.41, 5.74) is 1.70. The Bertz CT molecular complexity index is 616. The Hall–Kier alpha value is 0.411. The van der Waals surface area contributed by atoms with Crippen LogP contribution in [0.3, 0.4) is 0 Å². The first-order valence-electron chi connectivity index (χ1n) is 16.6. The monoisotopic (exact) mass is 600 g/mol. The van der Waals surface area contributed by atoms with Gasteiger partial charge in [0.1, 0.15) is 0 Å². The number of ether oxygens (including phenoxy) is 3. The minimum absolute atomic E-state index is 0.229. The minimum atomic E-state index is -2.61. The molecule has 39 heavy (non-hydrogen) atoms. The molecule has 1 aliphatic heterocycles. The van der Waals surface area contributed by atoms with Gasteiger partial charge in [-0.1, -0.05) is 38.5 Å². The van der Waals surface area contributed by atoms with E-state index in [0.29, 0.717) is 16.6 Å². The largest absolute Gasteiger partial charge is 0.415 e. The molecule has 0 unspecified atom stereocenters. The molecule has 4 fully saturated rings. The summed E-state index contributed by atoms with van der Waals surface area (Å²) in [5.74, 6) is 0. The van der Waals surface area contributed by atoms with Gasteiger partial charge in [0, 0.05) is 54.6 Å². The molecule has 9 heteroatoms. The predicted octanol–water partition coefficient (Wildman–Crippen LogP) is 8.48. The van der Waals surface area contributed by atoms with Gasteiger partial charge in [0.25, 0.3) is 0 Å². The fourth-order valence-corrected chi connectivity index (χ4v) is 29.2. The summed E-state index contributed by atoms with van der Waals surface area (Å²) in [5, 5.41) is 0. The van der Waals surface area contributed by atoms with Crippen LogP contribution < -0.4 is 0 Å².